The SMILES string of the molecule is CCCNC(=O)CCNc1ncnc(NC)c1Br. The van der Waals surface area contributed by atoms with Crippen LogP contribution in [0.1, 0.15) is 19.8 Å². The quantitative estimate of drug-likeness (QED) is 0.712. The minimum Gasteiger partial charge on any atom is -0.372 e. The maximum Gasteiger partial charge on any atom is 0.221 e. The third kappa shape index (κ3) is 4.48. The molecule has 0 aromatic carbocycles. The molecule has 1 aromatic heterocycles. The van der Waals surface area contributed by atoms with E-state index < -0.39 is 0 Å². The number of carbonyl (C=O) groups is 1. The lowest BCUT2D eigenvalue weighted by molar-refractivity contribution is -0.120. The first-order valence-electron chi connectivity index (χ1n) is 5.87. The second kappa shape index (κ2) is 7.86. The van der Waals surface area contributed by atoms with E-state index in [4.69, 9.17) is 0 Å². The maximum atomic E-state index is 11.4. The minimum atomic E-state index is 0.0448. The molecule has 0 radical (unpaired) electrons. The molecule has 0 fully saturated rings. The monoisotopic (exact) mass is 315 g/mol. The molecule has 1 heterocycles. The molecule has 6 nitrogen and oxygen atoms in total. The first-order valence-corrected chi connectivity index (χ1v) is 6.67. The highest BCUT2D eigenvalue weighted by Crippen LogP contribution is 2.25. The van der Waals surface area contributed by atoms with E-state index in [1.165, 1.54) is 6.33 Å². The Balaban J connectivity index is 2.42. The highest BCUT2D eigenvalue weighted by Gasteiger charge is 2.07. The van der Waals surface area contributed by atoms with Gasteiger partial charge in [-0.05, 0) is 22.4 Å². The zero-order valence-corrected chi connectivity index (χ0v) is 12.2. The fourth-order valence-corrected chi connectivity index (χ4v) is 1.86. The molecular weight excluding hydrogens is 298 g/mol. The maximum absolute atomic E-state index is 11.4. The standard InChI is InChI=1S/C11H18BrN5O/c1-3-5-14-8(18)4-6-15-11-9(12)10(13-2)16-7-17-11/h7H,3-6H2,1-2H3,(H,14,18)(H2,13,15,16,17). The molecule has 0 aliphatic carbocycles. The molecule has 1 aromatic rings. The van der Waals surface area contributed by atoms with Crippen molar-refractivity contribution in [2.75, 3.05) is 30.8 Å². The van der Waals surface area contributed by atoms with Gasteiger partial charge in [-0.1, -0.05) is 6.92 Å². The van der Waals surface area contributed by atoms with E-state index in [0.717, 1.165) is 17.4 Å². The molecular formula is C11H18BrN5O. The number of hydrogen-bond donors (Lipinski definition) is 3. The normalized spacial score (nSPS) is 9.94. The third-order valence-electron chi connectivity index (χ3n) is 2.24. The van der Waals surface area contributed by atoms with Crippen molar-refractivity contribution in [1.82, 2.24) is 15.3 Å². The van der Waals surface area contributed by atoms with Crippen LogP contribution in [0.2, 0.25) is 0 Å². The topological polar surface area (TPSA) is 78.9 Å². The minimum absolute atomic E-state index is 0.0448. The van der Waals surface area contributed by atoms with Gasteiger partial charge in [0.05, 0.1) is 0 Å². The Bertz CT molecular complexity index is 399. The fraction of sp³-hybridized carbons (Fsp3) is 0.545. The van der Waals surface area contributed by atoms with Crippen molar-refractivity contribution in [1.29, 1.82) is 0 Å². The van der Waals surface area contributed by atoms with Gasteiger partial charge in [-0.3, -0.25) is 4.79 Å². The van der Waals surface area contributed by atoms with Crippen LogP contribution < -0.4 is 16.0 Å². The van der Waals surface area contributed by atoms with Crippen molar-refractivity contribution in [3.63, 3.8) is 0 Å². The molecule has 0 bridgehead atoms. The number of anilines is 2. The van der Waals surface area contributed by atoms with Crippen LogP contribution in [-0.4, -0.2) is 36.0 Å². The lowest BCUT2D eigenvalue weighted by atomic mass is 10.3. The lowest BCUT2D eigenvalue weighted by Crippen LogP contribution is -2.26. The van der Waals surface area contributed by atoms with Gasteiger partial charge in [-0.15, -0.1) is 0 Å². The largest absolute Gasteiger partial charge is 0.372 e. The number of hydrogen-bond acceptors (Lipinski definition) is 5. The Kier molecular flexibility index (Phi) is 6.42. The summed E-state index contributed by atoms with van der Waals surface area (Å²) in [6.07, 6.45) is 2.84. The molecule has 0 aliphatic heterocycles. The highest BCUT2D eigenvalue weighted by molar-refractivity contribution is 9.10. The molecule has 0 spiro atoms. The number of halogens is 1. The van der Waals surface area contributed by atoms with Crippen molar-refractivity contribution in [2.24, 2.45) is 0 Å². The number of nitrogens with one attached hydrogen (secondary N) is 3. The first kappa shape index (κ1) is 14.7. The second-order valence-electron chi connectivity index (χ2n) is 3.66. The number of aromatic nitrogens is 2. The number of amides is 1. The van der Waals surface area contributed by atoms with E-state index in [1.54, 1.807) is 7.05 Å². The van der Waals surface area contributed by atoms with E-state index in [0.29, 0.717) is 24.6 Å². The number of nitrogens with zero attached hydrogens (tertiary/aromatic N) is 2. The number of rotatable bonds is 7. The Morgan fingerprint density at radius 3 is 2.72 bits per heavy atom. The van der Waals surface area contributed by atoms with Crippen molar-refractivity contribution in [3.05, 3.63) is 10.8 Å². The summed E-state index contributed by atoms with van der Waals surface area (Å²) in [6, 6.07) is 0. The summed E-state index contributed by atoms with van der Waals surface area (Å²) in [5.74, 6) is 1.43. The molecule has 0 unspecified atom stereocenters. The van der Waals surface area contributed by atoms with Gasteiger partial charge in [0.25, 0.3) is 0 Å². The summed E-state index contributed by atoms with van der Waals surface area (Å²) >= 11 is 3.40. The van der Waals surface area contributed by atoms with Crippen LogP contribution in [0, 0.1) is 0 Å². The van der Waals surface area contributed by atoms with Crippen molar-refractivity contribution in [2.45, 2.75) is 19.8 Å². The zero-order chi connectivity index (χ0) is 13.4. The van der Waals surface area contributed by atoms with Crippen molar-refractivity contribution in [3.8, 4) is 0 Å². The predicted molar refractivity (Wildman–Crippen MR) is 75.7 cm³/mol. The molecule has 0 saturated carbocycles. The molecule has 3 N–H and O–H groups in total. The molecule has 0 atom stereocenters. The fourth-order valence-electron chi connectivity index (χ4n) is 1.31. The van der Waals surface area contributed by atoms with Gasteiger partial charge >= 0.3 is 0 Å². The average molecular weight is 316 g/mol. The molecule has 100 valence electrons. The van der Waals surface area contributed by atoms with Crippen molar-refractivity contribution >= 4 is 33.5 Å². The molecule has 18 heavy (non-hydrogen) atoms. The highest BCUT2D eigenvalue weighted by atomic mass is 79.9. The summed E-state index contributed by atoms with van der Waals surface area (Å²) in [7, 11) is 1.79. The lowest BCUT2D eigenvalue weighted by Gasteiger charge is -2.09. The summed E-state index contributed by atoms with van der Waals surface area (Å²) in [5.41, 5.74) is 0. The Labute approximate surface area is 115 Å². The van der Waals surface area contributed by atoms with E-state index in [2.05, 4.69) is 41.8 Å². The van der Waals surface area contributed by atoms with E-state index >= 15 is 0 Å². The summed E-state index contributed by atoms with van der Waals surface area (Å²) in [6.45, 7) is 3.28. The summed E-state index contributed by atoms with van der Waals surface area (Å²) in [4.78, 5) is 19.6. The molecule has 0 saturated heterocycles. The van der Waals surface area contributed by atoms with Gasteiger partial charge in [0.2, 0.25) is 5.91 Å². The Morgan fingerprint density at radius 1 is 1.33 bits per heavy atom. The first-order chi connectivity index (χ1) is 8.69. The average Bonchev–Trinajstić information content (AvgIpc) is 2.38. The third-order valence-corrected chi connectivity index (χ3v) is 2.99. The van der Waals surface area contributed by atoms with Crippen LogP contribution in [0.4, 0.5) is 11.6 Å². The van der Waals surface area contributed by atoms with Crippen LogP contribution in [0.5, 0.6) is 0 Å². The van der Waals surface area contributed by atoms with E-state index in [1.807, 2.05) is 6.92 Å². The van der Waals surface area contributed by atoms with Gasteiger partial charge in [-0.2, -0.15) is 0 Å². The molecule has 7 heteroatoms. The molecule has 1 amide bonds. The van der Waals surface area contributed by atoms with Gasteiger partial charge in [0.1, 0.15) is 22.4 Å². The Hall–Kier alpha value is -1.37. The number of carbonyl (C=O) groups excluding carboxylic acids is 1. The van der Waals surface area contributed by atoms with Gasteiger partial charge in [0.15, 0.2) is 0 Å². The summed E-state index contributed by atoms with van der Waals surface area (Å²) in [5, 5.41) is 8.86. The summed E-state index contributed by atoms with van der Waals surface area (Å²) < 4.78 is 0.765. The predicted octanol–water partition coefficient (Wildman–Crippen LogP) is 1.61. The Morgan fingerprint density at radius 2 is 2.06 bits per heavy atom. The molecule has 0 aliphatic rings. The van der Waals surface area contributed by atoms with Crippen LogP contribution >= 0.6 is 15.9 Å². The van der Waals surface area contributed by atoms with Crippen molar-refractivity contribution < 1.29 is 4.79 Å². The van der Waals surface area contributed by atoms with Crippen LogP contribution in [-0.2, 0) is 4.79 Å². The smallest absolute Gasteiger partial charge is 0.221 e. The van der Waals surface area contributed by atoms with Gasteiger partial charge in [0, 0.05) is 26.6 Å². The molecule has 1 rings (SSSR count). The van der Waals surface area contributed by atoms with Crippen LogP contribution in [0.25, 0.3) is 0 Å². The van der Waals surface area contributed by atoms with Crippen LogP contribution in [0.3, 0.4) is 0 Å². The van der Waals surface area contributed by atoms with Crippen LogP contribution in [0.15, 0.2) is 10.8 Å². The second-order valence-corrected chi connectivity index (χ2v) is 4.45. The van der Waals surface area contributed by atoms with E-state index in [9.17, 15) is 4.79 Å². The van der Waals surface area contributed by atoms with Gasteiger partial charge < -0.3 is 16.0 Å². The van der Waals surface area contributed by atoms with Gasteiger partial charge in [-0.25, -0.2) is 9.97 Å². The van der Waals surface area contributed by atoms with E-state index in [-0.39, 0.29) is 5.91 Å². The zero-order valence-electron chi connectivity index (χ0n) is 10.6.